The average Bonchev–Trinajstić information content (AvgIpc) is 2.22. The van der Waals surface area contributed by atoms with Gasteiger partial charge < -0.3 is 5.73 Å². The van der Waals surface area contributed by atoms with Gasteiger partial charge in [0.25, 0.3) is 0 Å². The van der Waals surface area contributed by atoms with Crippen LogP contribution in [-0.4, -0.2) is 5.91 Å². The van der Waals surface area contributed by atoms with Crippen LogP contribution in [0.3, 0.4) is 0 Å². The molecule has 2 N–H and O–H groups in total. The van der Waals surface area contributed by atoms with Crippen molar-refractivity contribution in [2.75, 3.05) is 0 Å². The molecule has 0 fully saturated rings. The quantitative estimate of drug-likeness (QED) is 0.889. The molecule has 0 radical (unpaired) electrons. The van der Waals surface area contributed by atoms with Gasteiger partial charge in [-0.05, 0) is 24.5 Å². The number of benzene rings is 1. The predicted molar refractivity (Wildman–Crippen MR) is 65.6 cm³/mol. The highest BCUT2D eigenvalue weighted by Crippen LogP contribution is 2.24. The molecule has 2 nitrogen and oxygen atoms in total. The predicted octanol–water partition coefficient (Wildman–Crippen LogP) is 2.96. The Labute approximate surface area is 103 Å². The average molecular weight is 288 g/mol. The number of hydrogen-bond acceptors (Lipinski definition) is 1. The van der Waals surface area contributed by atoms with Gasteiger partial charge in [0.05, 0.1) is 6.42 Å². The number of hydrogen-bond donors (Lipinski definition) is 1. The summed E-state index contributed by atoms with van der Waals surface area (Å²) in [5.74, 6) is -0.815. The van der Waals surface area contributed by atoms with Crippen LogP contribution < -0.4 is 5.73 Å². The maximum atomic E-state index is 14.0. The Morgan fingerprint density at radius 1 is 1.50 bits per heavy atom. The molecule has 0 saturated carbocycles. The zero-order valence-electron chi connectivity index (χ0n) is 9.22. The Morgan fingerprint density at radius 2 is 2.19 bits per heavy atom. The van der Waals surface area contributed by atoms with Gasteiger partial charge in [-0.3, -0.25) is 4.79 Å². The summed E-state index contributed by atoms with van der Waals surface area (Å²) in [6, 6.07) is 3.37. The van der Waals surface area contributed by atoms with Crippen LogP contribution in [0.15, 0.2) is 16.6 Å². The van der Waals surface area contributed by atoms with Gasteiger partial charge in [-0.15, -0.1) is 0 Å². The van der Waals surface area contributed by atoms with Crippen LogP contribution in [0.2, 0.25) is 0 Å². The summed E-state index contributed by atoms with van der Waals surface area (Å²) in [4.78, 5) is 10.8. The first-order valence-electron chi connectivity index (χ1n) is 5.30. The molecule has 0 saturated heterocycles. The summed E-state index contributed by atoms with van der Waals surface area (Å²) in [5, 5.41) is 0. The van der Waals surface area contributed by atoms with E-state index in [-0.39, 0.29) is 12.2 Å². The maximum Gasteiger partial charge on any atom is 0.221 e. The number of carbonyl (C=O) groups excluding carboxylic acids is 1. The molecule has 4 heteroatoms. The highest BCUT2D eigenvalue weighted by molar-refractivity contribution is 9.10. The van der Waals surface area contributed by atoms with Crippen molar-refractivity contribution in [3.05, 3.63) is 33.5 Å². The van der Waals surface area contributed by atoms with Gasteiger partial charge in [0.1, 0.15) is 5.82 Å². The number of rotatable bonds is 5. The minimum Gasteiger partial charge on any atom is -0.369 e. The Morgan fingerprint density at radius 3 is 2.75 bits per heavy atom. The molecule has 0 aliphatic heterocycles. The summed E-state index contributed by atoms with van der Waals surface area (Å²) in [7, 11) is 0. The van der Waals surface area contributed by atoms with E-state index in [1.54, 1.807) is 12.1 Å². The van der Waals surface area contributed by atoms with Crippen molar-refractivity contribution in [1.29, 1.82) is 0 Å². The maximum absolute atomic E-state index is 14.0. The first kappa shape index (κ1) is 13.2. The highest BCUT2D eigenvalue weighted by atomic mass is 79.9. The van der Waals surface area contributed by atoms with Gasteiger partial charge in [0.15, 0.2) is 0 Å². The minimum atomic E-state index is -0.511. The molecular formula is C12H15BrFNO. The van der Waals surface area contributed by atoms with Crippen molar-refractivity contribution >= 4 is 21.8 Å². The Balaban J connectivity index is 3.01. The van der Waals surface area contributed by atoms with Gasteiger partial charge in [-0.1, -0.05) is 35.3 Å². The molecule has 88 valence electrons. The van der Waals surface area contributed by atoms with Crippen molar-refractivity contribution in [3.63, 3.8) is 0 Å². The Hall–Kier alpha value is -0.900. The Bertz CT molecular complexity index is 393. The minimum absolute atomic E-state index is 0.0434. The number of amides is 1. The van der Waals surface area contributed by atoms with E-state index >= 15 is 0 Å². The zero-order valence-corrected chi connectivity index (χ0v) is 10.8. The smallest absolute Gasteiger partial charge is 0.221 e. The van der Waals surface area contributed by atoms with Gasteiger partial charge in [-0.25, -0.2) is 4.39 Å². The first-order valence-corrected chi connectivity index (χ1v) is 6.09. The van der Waals surface area contributed by atoms with Crippen LogP contribution in [0.5, 0.6) is 0 Å². The number of carbonyl (C=O) groups is 1. The molecule has 16 heavy (non-hydrogen) atoms. The van der Waals surface area contributed by atoms with E-state index in [1.165, 1.54) is 0 Å². The fourth-order valence-electron chi connectivity index (χ4n) is 1.55. The Kier molecular flexibility index (Phi) is 4.93. The summed E-state index contributed by atoms with van der Waals surface area (Å²) in [6.07, 6.45) is 2.56. The fourth-order valence-corrected chi connectivity index (χ4v) is 2.06. The van der Waals surface area contributed by atoms with Crippen LogP contribution in [0.25, 0.3) is 0 Å². The lowest BCUT2D eigenvalue weighted by Crippen LogP contribution is -2.15. The van der Waals surface area contributed by atoms with Crippen LogP contribution in [0, 0.1) is 5.82 Å². The number of unbranched alkanes of at least 4 members (excludes halogenated alkanes) is 1. The summed E-state index contributed by atoms with van der Waals surface area (Å²) < 4.78 is 14.7. The standard InChI is InChI=1S/C12H15BrFNO/c1-2-3-4-9-10(13)6-5-8(12(9)14)7-11(15)16/h5-6H,2-4,7H2,1H3,(H2,15,16). The molecule has 0 spiro atoms. The molecule has 0 unspecified atom stereocenters. The van der Waals surface area contributed by atoms with E-state index < -0.39 is 5.91 Å². The molecule has 0 bridgehead atoms. The number of primary amides is 1. The molecule has 0 aliphatic rings. The SMILES string of the molecule is CCCCc1c(Br)ccc(CC(N)=O)c1F. The highest BCUT2D eigenvalue weighted by Gasteiger charge is 2.12. The van der Waals surface area contributed by atoms with Crippen molar-refractivity contribution in [2.45, 2.75) is 32.6 Å². The van der Waals surface area contributed by atoms with Gasteiger partial charge in [0.2, 0.25) is 5.91 Å². The lowest BCUT2D eigenvalue weighted by molar-refractivity contribution is -0.117. The third-order valence-electron chi connectivity index (χ3n) is 2.41. The molecule has 0 heterocycles. The van der Waals surface area contributed by atoms with Crippen LogP contribution >= 0.6 is 15.9 Å². The molecular weight excluding hydrogens is 273 g/mol. The van der Waals surface area contributed by atoms with E-state index in [0.29, 0.717) is 17.5 Å². The van der Waals surface area contributed by atoms with E-state index in [2.05, 4.69) is 22.9 Å². The second-order valence-corrected chi connectivity index (χ2v) is 4.60. The fraction of sp³-hybridized carbons (Fsp3) is 0.417. The monoisotopic (exact) mass is 287 g/mol. The lowest BCUT2D eigenvalue weighted by atomic mass is 10.0. The van der Waals surface area contributed by atoms with Crippen LogP contribution in [0.4, 0.5) is 4.39 Å². The van der Waals surface area contributed by atoms with E-state index in [0.717, 1.165) is 17.3 Å². The topological polar surface area (TPSA) is 43.1 Å². The van der Waals surface area contributed by atoms with Crippen molar-refractivity contribution in [2.24, 2.45) is 5.73 Å². The van der Waals surface area contributed by atoms with Gasteiger partial charge >= 0.3 is 0 Å². The van der Waals surface area contributed by atoms with Crippen molar-refractivity contribution in [3.8, 4) is 0 Å². The first-order chi connectivity index (χ1) is 7.56. The van der Waals surface area contributed by atoms with Crippen LogP contribution in [0.1, 0.15) is 30.9 Å². The molecule has 1 aromatic rings. The normalized spacial score (nSPS) is 10.4. The summed E-state index contributed by atoms with van der Waals surface area (Å²) in [6.45, 7) is 2.05. The molecule has 0 aliphatic carbocycles. The van der Waals surface area contributed by atoms with Crippen molar-refractivity contribution < 1.29 is 9.18 Å². The van der Waals surface area contributed by atoms with E-state index in [4.69, 9.17) is 5.73 Å². The molecule has 0 atom stereocenters. The second kappa shape index (κ2) is 5.99. The third kappa shape index (κ3) is 3.30. The third-order valence-corrected chi connectivity index (χ3v) is 3.15. The summed E-state index contributed by atoms with van der Waals surface area (Å²) in [5.41, 5.74) is 6.08. The second-order valence-electron chi connectivity index (χ2n) is 3.75. The largest absolute Gasteiger partial charge is 0.369 e. The van der Waals surface area contributed by atoms with Gasteiger partial charge in [-0.2, -0.15) is 0 Å². The lowest BCUT2D eigenvalue weighted by Gasteiger charge is -2.09. The molecule has 0 aromatic heterocycles. The van der Waals surface area contributed by atoms with E-state index in [1.807, 2.05) is 0 Å². The molecule has 1 rings (SSSR count). The molecule has 1 aromatic carbocycles. The van der Waals surface area contributed by atoms with Crippen molar-refractivity contribution in [1.82, 2.24) is 0 Å². The van der Waals surface area contributed by atoms with Gasteiger partial charge in [0, 0.05) is 10.0 Å². The summed E-state index contributed by atoms with van der Waals surface area (Å²) >= 11 is 3.32. The number of halogens is 2. The van der Waals surface area contributed by atoms with Crippen LogP contribution in [-0.2, 0) is 17.6 Å². The molecule has 1 amide bonds. The van der Waals surface area contributed by atoms with E-state index in [9.17, 15) is 9.18 Å². The zero-order chi connectivity index (χ0) is 12.1. The number of nitrogens with two attached hydrogens (primary N) is 1.